The molecule has 0 aliphatic heterocycles. The number of hydrogen-bond donors (Lipinski definition) is 1. The molecule has 2 rings (SSSR count). The third kappa shape index (κ3) is 3.12. The average molecular weight is 296 g/mol. The summed E-state index contributed by atoms with van der Waals surface area (Å²) in [5.41, 5.74) is 0.537. The molecule has 0 unspecified atom stereocenters. The van der Waals surface area contributed by atoms with Gasteiger partial charge in [0.1, 0.15) is 0 Å². The lowest BCUT2D eigenvalue weighted by molar-refractivity contribution is -0.384. The molecule has 1 aromatic heterocycles. The molecule has 104 valence electrons. The minimum Gasteiger partial charge on any atom is -0.359 e. The number of nitrogens with zero attached hydrogens (tertiary/aromatic N) is 2. The third-order valence-corrected chi connectivity index (χ3v) is 2.83. The van der Waals surface area contributed by atoms with Crippen molar-refractivity contribution in [2.45, 2.75) is 13.5 Å². The average Bonchev–Trinajstić information content (AvgIpc) is 2.82. The molecular weight excluding hydrogens is 286 g/mol. The number of nitro groups is 1. The van der Waals surface area contributed by atoms with E-state index in [0.29, 0.717) is 11.5 Å². The maximum absolute atomic E-state index is 11.9. The Kier molecular flexibility index (Phi) is 3.99. The number of nitro benzene ring substituents is 1. The van der Waals surface area contributed by atoms with Crippen LogP contribution < -0.4 is 5.32 Å². The van der Waals surface area contributed by atoms with Crippen molar-refractivity contribution in [2.75, 3.05) is 0 Å². The largest absolute Gasteiger partial charge is 0.359 e. The van der Waals surface area contributed by atoms with E-state index in [9.17, 15) is 14.9 Å². The molecule has 1 aromatic carbocycles. The number of non-ortho nitro benzene ring substituents is 1. The molecule has 1 heterocycles. The lowest BCUT2D eigenvalue weighted by Gasteiger charge is -2.04. The van der Waals surface area contributed by atoms with Crippen molar-refractivity contribution in [2.24, 2.45) is 0 Å². The van der Waals surface area contributed by atoms with E-state index in [0.717, 1.165) is 6.07 Å². The van der Waals surface area contributed by atoms with Crippen molar-refractivity contribution in [3.8, 4) is 0 Å². The molecule has 0 saturated carbocycles. The van der Waals surface area contributed by atoms with Crippen LogP contribution in [0, 0.1) is 17.0 Å². The number of carbonyl (C=O) groups excluding carboxylic acids is 1. The van der Waals surface area contributed by atoms with Gasteiger partial charge < -0.3 is 9.84 Å². The smallest absolute Gasteiger partial charge is 0.270 e. The maximum Gasteiger partial charge on any atom is 0.270 e. The summed E-state index contributed by atoms with van der Waals surface area (Å²) in [5.74, 6) is -0.0369. The van der Waals surface area contributed by atoms with Crippen molar-refractivity contribution in [3.05, 3.63) is 56.4 Å². The molecule has 1 N–H and O–H groups in total. The van der Waals surface area contributed by atoms with Gasteiger partial charge in [-0.3, -0.25) is 14.9 Å². The molecule has 0 bridgehead atoms. The number of benzene rings is 1. The number of carbonyl (C=O) groups is 1. The zero-order valence-corrected chi connectivity index (χ0v) is 11.2. The normalized spacial score (nSPS) is 10.3. The number of aromatic nitrogens is 1. The van der Waals surface area contributed by atoms with Gasteiger partial charge in [0, 0.05) is 18.2 Å². The van der Waals surface area contributed by atoms with E-state index in [1.54, 1.807) is 13.0 Å². The van der Waals surface area contributed by atoms with Crippen LogP contribution in [0.3, 0.4) is 0 Å². The third-order valence-electron chi connectivity index (χ3n) is 2.51. The zero-order valence-electron chi connectivity index (χ0n) is 10.4. The fourth-order valence-electron chi connectivity index (χ4n) is 1.56. The van der Waals surface area contributed by atoms with E-state index < -0.39 is 10.8 Å². The Hall–Kier alpha value is -2.41. The van der Waals surface area contributed by atoms with E-state index in [1.165, 1.54) is 12.1 Å². The summed E-state index contributed by atoms with van der Waals surface area (Å²) < 4.78 is 4.94. The standard InChI is InChI=1S/C12H10ClN3O4/c1-7-4-9(20-15-7)6-14-12(17)10-5-8(16(18)19)2-3-11(10)13/h2-5H,6H2,1H3,(H,14,17). The van der Waals surface area contributed by atoms with Gasteiger partial charge in [-0.15, -0.1) is 0 Å². The van der Waals surface area contributed by atoms with Gasteiger partial charge in [-0.1, -0.05) is 16.8 Å². The Morgan fingerprint density at radius 3 is 2.85 bits per heavy atom. The molecule has 0 radical (unpaired) electrons. The number of hydrogen-bond acceptors (Lipinski definition) is 5. The minimum atomic E-state index is -0.590. The molecule has 1 amide bonds. The van der Waals surface area contributed by atoms with Gasteiger partial charge in [0.05, 0.1) is 27.7 Å². The predicted octanol–water partition coefficient (Wildman–Crippen LogP) is 2.47. The van der Waals surface area contributed by atoms with Crippen LogP contribution in [0.4, 0.5) is 5.69 Å². The van der Waals surface area contributed by atoms with Crippen LogP contribution in [0.5, 0.6) is 0 Å². The van der Waals surface area contributed by atoms with Crippen LogP contribution in [-0.2, 0) is 6.54 Å². The second-order valence-electron chi connectivity index (χ2n) is 4.04. The summed E-state index contributed by atoms with van der Waals surface area (Å²) in [7, 11) is 0. The Balaban J connectivity index is 2.12. The van der Waals surface area contributed by atoms with Gasteiger partial charge in [-0.25, -0.2) is 0 Å². The molecule has 2 aromatic rings. The molecular formula is C12H10ClN3O4. The molecule has 7 nitrogen and oxygen atoms in total. The van der Waals surface area contributed by atoms with Crippen molar-refractivity contribution >= 4 is 23.2 Å². The molecule has 0 aliphatic carbocycles. The van der Waals surface area contributed by atoms with Gasteiger partial charge in [-0.05, 0) is 13.0 Å². The monoisotopic (exact) mass is 295 g/mol. The summed E-state index contributed by atoms with van der Waals surface area (Å²) in [6.07, 6.45) is 0. The first kappa shape index (κ1) is 14.0. The quantitative estimate of drug-likeness (QED) is 0.690. The highest BCUT2D eigenvalue weighted by molar-refractivity contribution is 6.33. The summed E-state index contributed by atoms with van der Waals surface area (Å²) in [6.45, 7) is 1.88. The topological polar surface area (TPSA) is 98.3 Å². The number of amides is 1. The molecule has 0 atom stereocenters. The molecule has 8 heteroatoms. The second-order valence-corrected chi connectivity index (χ2v) is 4.45. The molecule has 0 saturated heterocycles. The van der Waals surface area contributed by atoms with E-state index in [1.807, 2.05) is 0 Å². The first-order chi connectivity index (χ1) is 9.47. The molecule has 0 aliphatic rings. The van der Waals surface area contributed by atoms with Gasteiger partial charge in [0.25, 0.3) is 11.6 Å². The number of nitrogens with one attached hydrogen (secondary N) is 1. The highest BCUT2D eigenvalue weighted by Crippen LogP contribution is 2.22. The van der Waals surface area contributed by atoms with Crippen LogP contribution in [0.15, 0.2) is 28.8 Å². The van der Waals surface area contributed by atoms with Crippen molar-refractivity contribution in [1.82, 2.24) is 10.5 Å². The summed E-state index contributed by atoms with van der Waals surface area (Å²) in [5, 5.41) is 17.1. The fraction of sp³-hybridized carbons (Fsp3) is 0.167. The number of aryl methyl sites for hydroxylation is 1. The van der Waals surface area contributed by atoms with Crippen molar-refractivity contribution in [1.29, 1.82) is 0 Å². The van der Waals surface area contributed by atoms with Crippen molar-refractivity contribution < 1.29 is 14.2 Å². The Morgan fingerprint density at radius 2 is 2.25 bits per heavy atom. The van der Waals surface area contributed by atoms with Gasteiger partial charge in [0.2, 0.25) is 0 Å². The van der Waals surface area contributed by atoms with E-state index >= 15 is 0 Å². The summed E-state index contributed by atoms with van der Waals surface area (Å²) in [6, 6.07) is 5.35. The highest BCUT2D eigenvalue weighted by atomic mass is 35.5. The van der Waals surface area contributed by atoms with E-state index in [4.69, 9.17) is 16.1 Å². The Bertz CT molecular complexity index is 668. The van der Waals surface area contributed by atoms with Crippen LogP contribution in [0.25, 0.3) is 0 Å². The molecule has 0 spiro atoms. The number of halogens is 1. The highest BCUT2D eigenvalue weighted by Gasteiger charge is 2.16. The van der Waals surface area contributed by atoms with Crippen LogP contribution in [0.1, 0.15) is 21.8 Å². The van der Waals surface area contributed by atoms with Crippen LogP contribution in [0.2, 0.25) is 5.02 Å². The lowest BCUT2D eigenvalue weighted by Crippen LogP contribution is -2.23. The maximum atomic E-state index is 11.9. The minimum absolute atomic E-state index is 0.0390. The second kappa shape index (κ2) is 5.70. The first-order valence-corrected chi connectivity index (χ1v) is 5.99. The molecule has 20 heavy (non-hydrogen) atoms. The van der Waals surface area contributed by atoms with Gasteiger partial charge >= 0.3 is 0 Å². The summed E-state index contributed by atoms with van der Waals surface area (Å²) in [4.78, 5) is 22.0. The zero-order chi connectivity index (χ0) is 14.7. The Labute approximate surface area is 118 Å². The van der Waals surface area contributed by atoms with Gasteiger partial charge in [-0.2, -0.15) is 0 Å². The van der Waals surface area contributed by atoms with Crippen LogP contribution >= 0.6 is 11.6 Å². The van der Waals surface area contributed by atoms with Crippen molar-refractivity contribution in [3.63, 3.8) is 0 Å². The Morgan fingerprint density at radius 1 is 1.50 bits per heavy atom. The first-order valence-electron chi connectivity index (χ1n) is 5.61. The molecule has 0 fully saturated rings. The predicted molar refractivity (Wildman–Crippen MR) is 70.5 cm³/mol. The van der Waals surface area contributed by atoms with E-state index in [2.05, 4.69) is 10.5 Å². The van der Waals surface area contributed by atoms with Crippen LogP contribution in [-0.4, -0.2) is 16.0 Å². The summed E-state index contributed by atoms with van der Waals surface area (Å²) >= 11 is 5.86. The van der Waals surface area contributed by atoms with Gasteiger partial charge in [0.15, 0.2) is 5.76 Å². The lowest BCUT2D eigenvalue weighted by atomic mass is 10.2. The fourth-order valence-corrected chi connectivity index (χ4v) is 1.77. The number of rotatable bonds is 4. The van der Waals surface area contributed by atoms with E-state index in [-0.39, 0.29) is 22.8 Å². The SMILES string of the molecule is Cc1cc(CNC(=O)c2cc([N+](=O)[O-])ccc2Cl)on1.